The van der Waals surface area contributed by atoms with Gasteiger partial charge < -0.3 is 10.6 Å². The quantitative estimate of drug-likeness (QED) is 0.342. The SMILES string of the molecule is Cc1cc(Nc2nc(C(C)(C)c3ccc(F)cc3)nn3cc(NC(=O)CN4CCC(F)(F)C4)cc23)n[nH]1. The summed E-state index contributed by atoms with van der Waals surface area (Å²) in [4.78, 5) is 18.8. The largest absolute Gasteiger partial charge is 0.324 e. The second kappa shape index (κ2) is 9.18. The molecule has 0 bridgehead atoms. The Kier molecular flexibility index (Phi) is 6.14. The number of likely N-dealkylation sites (tertiary alicyclic amines) is 1. The van der Waals surface area contributed by atoms with Gasteiger partial charge in [0, 0.05) is 24.7 Å². The van der Waals surface area contributed by atoms with Gasteiger partial charge in [-0.15, -0.1) is 0 Å². The van der Waals surface area contributed by atoms with Crippen LogP contribution in [-0.4, -0.2) is 61.2 Å². The van der Waals surface area contributed by atoms with Crippen molar-refractivity contribution in [3.63, 3.8) is 0 Å². The molecule has 37 heavy (non-hydrogen) atoms. The van der Waals surface area contributed by atoms with Crippen LogP contribution in [0.3, 0.4) is 0 Å². The maximum Gasteiger partial charge on any atom is 0.261 e. The van der Waals surface area contributed by atoms with Crippen LogP contribution in [0.2, 0.25) is 0 Å². The molecule has 12 heteroatoms. The van der Waals surface area contributed by atoms with E-state index in [1.807, 2.05) is 26.8 Å². The van der Waals surface area contributed by atoms with Crippen LogP contribution in [0.5, 0.6) is 0 Å². The van der Waals surface area contributed by atoms with Crippen molar-refractivity contribution in [2.75, 3.05) is 30.3 Å². The van der Waals surface area contributed by atoms with Crippen molar-refractivity contribution < 1.29 is 18.0 Å². The maximum atomic E-state index is 13.5. The molecule has 1 aliphatic rings. The smallest absolute Gasteiger partial charge is 0.261 e. The molecular formula is C25H27F3N8O. The Balaban J connectivity index is 1.47. The number of hydrogen-bond acceptors (Lipinski definition) is 6. The minimum atomic E-state index is -2.76. The maximum absolute atomic E-state index is 13.5. The van der Waals surface area contributed by atoms with Crippen LogP contribution in [0.25, 0.3) is 5.52 Å². The number of nitrogens with one attached hydrogen (secondary N) is 3. The number of aromatic nitrogens is 5. The first-order valence-corrected chi connectivity index (χ1v) is 11.8. The van der Waals surface area contributed by atoms with E-state index in [2.05, 4.69) is 25.9 Å². The van der Waals surface area contributed by atoms with Gasteiger partial charge >= 0.3 is 0 Å². The number of carbonyl (C=O) groups excluding carboxylic acids is 1. The Labute approximate surface area is 211 Å². The number of anilines is 3. The van der Waals surface area contributed by atoms with E-state index in [0.29, 0.717) is 28.7 Å². The van der Waals surface area contributed by atoms with Gasteiger partial charge in [-0.3, -0.25) is 14.8 Å². The van der Waals surface area contributed by atoms with E-state index in [1.165, 1.54) is 17.0 Å². The number of carbonyl (C=O) groups is 1. The van der Waals surface area contributed by atoms with Gasteiger partial charge in [0.1, 0.15) is 11.3 Å². The van der Waals surface area contributed by atoms with E-state index in [9.17, 15) is 18.0 Å². The zero-order chi connectivity index (χ0) is 26.4. The molecule has 1 fully saturated rings. The van der Waals surface area contributed by atoms with E-state index in [4.69, 9.17) is 4.98 Å². The van der Waals surface area contributed by atoms with Crippen molar-refractivity contribution in [1.82, 2.24) is 29.7 Å². The fourth-order valence-electron chi connectivity index (χ4n) is 4.37. The summed E-state index contributed by atoms with van der Waals surface area (Å²) >= 11 is 0. The van der Waals surface area contributed by atoms with Gasteiger partial charge in [0.25, 0.3) is 5.92 Å². The molecule has 1 aromatic carbocycles. The lowest BCUT2D eigenvalue weighted by Crippen LogP contribution is -2.33. The minimum Gasteiger partial charge on any atom is -0.324 e. The van der Waals surface area contributed by atoms with E-state index < -0.39 is 23.8 Å². The molecule has 0 saturated carbocycles. The summed E-state index contributed by atoms with van der Waals surface area (Å²) in [5.41, 5.74) is 2.01. The van der Waals surface area contributed by atoms with Crippen LogP contribution in [0, 0.1) is 12.7 Å². The molecule has 194 valence electrons. The minimum absolute atomic E-state index is 0.131. The number of aromatic amines is 1. The van der Waals surface area contributed by atoms with Crippen molar-refractivity contribution in [2.24, 2.45) is 0 Å². The molecule has 0 aliphatic carbocycles. The molecule has 0 radical (unpaired) electrons. The van der Waals surface area contributed by atoms with Gasteiger partial charge in [0.05, 0.1) is 30.4 Å². The number of alkyl halides is 2. The number of H-pyrrole nitrogens is 1. The highest BCUT2D eigenvalue weighted by atomic mass is 19.3. The zero-order valence-corrected chi connectivity index (χ0v) is 20.6. The Morgan fingerprint density at radius 2 is 1.97 bits per heavy atom. The number of nitrogens with zero attached hydrogens (tertiary/aromatic N) is 5. The number of fused-ring (bicyclic) bond motifs is 1. The Bertz CT molecular complexity index is 1440. The normalized spacial score (nSPS) is 15.8. The highest BCUT2D eigenvalue weighted by Crippen LogP contribution is 2.32. The Hall–Kier alpha value is -3.93. The zero-order valence-electron chi connectivity index (χ0n) is 20.6. The standard InChI is InChI=1S/C25H27F3N8O/c1-15-10-20(33-32-15)30-22-19-11-18(29-21(37)13-35-9-8-25(27,28)14-35)12-36(19)34-23(31-22)24(2,3)16-4-6-17(26)7-5-16/h4-7,10-12H,8-9,13-14H2,1-3H3,(H,29,37)(H2,30,31,32,33,34). The van der Waals surface area contributed by atoms with Gasteiger partial charge in [-0.2, -0.15) is 10.2 Å². The lowest BCUT2D eigenvalue weighted by molar-refractivity contribution is -0.117. The molecule has 9 nitrogen and oxygen atoms in total. The third-order valence-electron chi connectivity index (χ3n) is 6.44. The Morgan fingerprint density at radius 3 is 2.62 bits per heavy atom. The third kappa shape index (κ3) is 5.29. The molecule has 3 aromatic heterocycles. The summed E-state index contributed by atoms with van der Waals surface area (Å²) in [7, 11) is 0. The molecule has 0 atom stereocenters. The van der Waals surface area contributed by atoms with Crippen LogP contribution in [-0.2, 0) is 10.2 Å². The molecule has 0 unspecified atom stereocenters. The lowest BCUT2D eigenvalue weighted by atomic mass is 9.84. The van der Waals surface area contributed by atoms with E-state index in [1.54, 1.807) is 28.9 Å². The second-order valence-electron chi connectivity index (χ2n) is 9.90. The van der Waals surface area contributed by atoms with Crippen molar-refractivity contribution in [3.8, 4) is 0 Å². The fourth-order valence-corrected chi connectivity index (χ4v) is 4.37. The predicted molar refractivity (Wildman–Crippen MR) is 133 cm³/mol. The first-order chi connectivity index (χ1) is 17.5. The average molecular weight is 513 g/mol. The van der Waals surface area contributed by atoms with Crippen molar-refractivity contribution in [2.45, 2.75) is 38.5 Å². The van der Waals surface area contributed by atoms with Gasteiger partial charge in [-0.1, -0.05) is 12.1 Å². The van der Waals surface area contributed by atoms with Crippen LogP contribution in [0.4, 0.5) is 30.5 Å². The van der Waals surface area contributed by atoms with Crippen molar-refractivity contribution in [1.29, 1.82) is 0 Å². The average Bonchev–Trinajstić information content (AvgIpc) is 3.51. The number of amides is 1. The summed E-state index contributed by atoms with van der Waals surface area (Å²) < 4.78 is 42.1. The monoisotopic (exact) mass is 512 g/mol. The number of halogens is 3. The van der Waals surface area contributed by atoms with E-state index >= 15 is 0 Å². The summed E-state index contributed by atoms with van der Waals surface area (Å²) in [6, 6.07) is 9.68. The van der Waals surface area contributed by atoms with E-state index in [-0.39, 0.29) is 25.3 Å². The summed E-state index contributed by atoms with van der Waals surface area (Å²) in [6.45, 7) is 5.35. The predicted octanol–water partition coefficient (Wildman–Crippen LogP) is 4.25. The number of aryl methyl sites for hydroxylation is 1. The lowest BCUT2D eigenvalue weighted by Gasteiger charge is -2.24. The molecule has 5 rings (SSSR count). The highest BCUT2D eigenvalue weighted by Gasteiger charge is 2.38. The number of hydrogen-bond donors (Lipinski definition) is 3. The molecule has 3 N–H and O–H groups in total. The van der Waals surface area contributed by atoms with Gasteiger partial charge in [-0.25, -0.2) is 22.7 Å². The number of rotatable bonds is 7. The van der Waals surface area contributed by atoms with E-state index in [0.717, 1.165) is 11.3 Å². The highest BCUT2D eigenvalue weighted by molar-refractivity contribution is 5.93. The van der Waals surface area contributed by atoms with Crippen molar-refractivity contribution in [3.05, 3.63) is 65.5 Å². The van der Waals surface area contributed by atoms with Crippen LogP contribution in [0.15, 0.2) is 42.6 Å². The molecule has 0 spiro atoms. The molecular weight excluding hydrogens is 485 g/mol. The first-order valence-electron chi connectivity index (χ1n) is 11.8. The second-order valence-corrected chi connectivity index (χ2v) is 9.90. The number of benzene rings is 1. The first kappa shape index (κ1) is 24.8. The molecule has 4 aromatic rings. The Morgan fingerprint density at radius 1 is 1.22 bits per heavy atom. The fraction of sp³-hybridized carbons (Fsp3) is 0.360. The van der Waals surface area contributed by atoms with Crippen molar-refractivity contribution >= 4 is 28.7 Å². The summed E-state index contributed by atoms with van der Waals surface area (Å²) in [5, 5.41) is 17.7. The van der Waals surface area contributed by atoms with Crippen LogP contribution < -0.4 is 10.6 Å². The van der Waals surface area contributed by atoms with Gasteiger partial charge in [0.15, 0.2) is 17.5 Å². The molecule has 1 aliphatic heterocycles. The van der Waals surface area contributed by atoms with Gasteiger partial charge in [0.2, 0.25) is 5.91 Å². The molecule has 1 amide bonds. The summed E-state index contributed by atoms with van der Waals surface area (Å²) in [5.74, 6) is -2.05. The van der Waals surface area contributed by atoms with Gasteiger partial charge in [-0.05, 0) is 44.5 Å². The topological polar surface area (TPSA) is 103 Å². The molecule has 1 saturated heterocycles. The third-order valence-corrected chi connectivity index (χ3v) is 6.44. The summed E-state index contributed by atoms with van der Waals surface area (Å²) in [6.07, 6.45) is 1.39. The van der Waals surface area contributed by atoms with Crippen LogP contribution in [0.1, 0.15) is 37.4 Å². The van der Waals surface area contributed by atoms with Crippen LogP contribution >= 0.6 is 0 Å². The molecule has 4 heterocycles.